The van der Waals surface area contributed by atoms with Crippen LogP contribution in [-0.2, 0) is 29.9 Å². The number of aromatic nitrogens is 4. The average molecular weight is 990 g/mol. The van der Waals surface area contributed by atoms with Gasteiger partial charge in [0.1, 0.15) is 23.1 Å². The van der Waals surface area contributed by atoms with Crippen LogP contribution in [0.1, 0.15) is 71.9 Å². The van der Waals surface area contributed by atoms with Crippen molar-refractivity contribution in [2.24, 2.45) is 5.73 Å². The number of ketones is 2. The lowest BCUT2D eigenvalue weighted by Gasteiger charge is -2.30. The van der Waals surface area contributed by atoms with Crippen LogP contribution in [0.25, 0.3) is 0 Å². The summed E-state index contributed by atoms with van der Waals surface area (Å²) in [5.41, 5.74) is 17.9. The smallest absolute Gasteiger partial charge is 0.249 e. The molecule has 0 radical (unpaired) electrons. The van der Waals surface area contributed by atoms with Gasteiger partial charge in [0.2, 0.25) is 52.6 Å². The normalized spacial score (nSPS) is 15.3. The van der Waals surface area contributed by atoms with E-state index in [2.05, 4.69) is 25.3 Å². The first-order chi connectivity index (χ1) is 29.5. The van der Waals surface area contributed by atoms with Crippen molar-refractivity contribution in [3.8, 4) is 11.5 Å². The number of hydrogen-bond acceptors (Lipinski definition) is 18. The van der Waals surface area contributed by atoms with E-state index >= 15 is 0 Å². The molecule has 2 saturated heterocycles. The SMILES string of the molecule is C.CCS(=O)(=O)c1ncc(C(=O)c2cc(Cl)ccc2OC)c(N)n1.COc1ccc(Cl)cc1C(=O)c1cnc(NC2CCN(S(C)(=O)=O)CC2)nc1N.CS(=O)(=O)N1CCC(N)CC1. The van der Waals surface area contributed by atoms with Crippen molar-refractivity contribution in [3.63, 3.8) is 0 Å². The molecular weight excluding hydrogens is 936 g/mol. The third-order valence-corrected chi connectivity index (χ3v) is 14.4. The number of rotatable bonds is 12. The van der Waals surface area contributed by atoms with E-state index in [1.807, 2.05) is 0 Å². The third-order valence-electron chi connectivity index (χ3n) is 9.80. The van der Waals surface area contributed by atoms with Gasteiger partial charge >= 0.3 is 0 Å². The standard InChI is InChI=1S/C18H22ClN5O4S.C14H14ClN3O4S.C6H14N2O2S.CH4/c1-28-15-4-3-11(19)9-13(15)16(25)14-10-21-18(23-17(14)20)22-12-5-7-24(8-6-12)29(2,26)27;1-3-23(20,21)14-17-7-10(13(16)18-14)12(19)9-6-8(15)4-5-11(9)22-2;1-11(9,10)8-4-2-6(7)3-5-8;/h3-4,9-10,12H,5-8H2,1-2H3,(H3,20,21,22,23);4-7H,3H2,1-2H3,(H2,16,17,18);6H,2-5,7H2,1H3;1H4. The van der Waals surface area contributed by atoms with Gasteiger partial charge in [-0.25, -0.2) is 48.8 Å². The predicted molar refractivity (Wildman–Crippen MR) is 247 cm³/mol. The Morgan fingerprint density at radius 2 is 1.14 bits per heavy atom. The number of methoxy groups -OCH3 is 2. The summed E-state index contributed by atoms with van der Waals surface area (Å²) in [5, 5.41) is 3.48. The highest BCUT2D eigenvalue weighted by molar-refractivity contribution is 7.91. The number of ether oxygens (including phenoxy) is 2. The van der Waals surface area contributed by atoms with Crippen molar-refractivity contribution >= 4 is 82.2 Å². The van der Waals surface area contributed by atoms with Gasteiger partial charge in [-0.2, -0.15) is 4.98 Å². The first kappa shape index (κ1) is 53.6. The van der Waals surface area contributed by atoms with Crippen LogP contribution in [0.3, 0.4) is 0 Å². The minimum absolute atomic E-state index is 0. The van der Waals surface area contributed by atoms with Gasteiger partial charge in [0.05, 0.1) is 54.7 Å². The largest absolute Gasteiger partial charge is 0.496 e. The molecule has 20 nitrogen and oxygen atoms in total. The fraction of sp³-hybridized carbons (Fsp3) is 0.436. The Labute approximate surface area is 384 Å². The summed E-state index contributed by atoms with van der Waals surface area (Å²) in [4.78, 5) is 41.3. The highest BCUT2D eigenvalue weighted by Gasteiger charge is 2.27. The third kappa shape index (κ3) is 14.4. The Kier molecular flexibility index (Phi) is 19.2. The number of sulfonamides is 2. The molecule has 0 spiro atoms. The summed E-state index contributed by atoms with van der Waals surface area (Å²) in [6.45, 7) is 3.49. The summed E-state index contributed by atoms with van der Waals surface area (Å²) in [6.07, 6.45) is 7.71. The Morgan fingerprint density at radius 3 is 1.53 bits per heavy atom. The maximum Gasteiger partial charge on any atom is 0.249 e. The number of nitrogens with two attached hydrogens (primary N) is 3. The van der Waals surface area contributed by atoms with Crippen molar-refractivity contribution in [2.45, 2.75) is 57.3 Å². The summed E-state index contributed by atoms with van der Waals surface area (Å²) in [5.74, 6) is -0.293. The lowest BCUT2D eigenvalue weighted by atomic mass is 10.0. The van der Waals surface area contributed by atoms with Gasteiger partial charge in [0, 0.05) is 60.7 Å². The van der Waals surface area contributed by atoms with Crippen LogP contribution in [0.15, 0.2) is 53.9 Å². The second-order valence-electron chi connectivity index (χ2n) is 14.3. The summed E-state index contributed by atoms with van der Waals surface area (Å²) < 4.78 is 81.9. The topological polar surface area (TPSA) is 303 Å². The molecule has 2 aliphatic rings. The number of nitrogens with zero attached hydrogens (tertiary/aromatic N) is 6. The Hall–Kier alpha value is -4.75. The Morgan fingerprint density at radius 1 is 0.719 bits per heavy atom. The molecular formula is C39H54Cl2N10O10S3. The zero-order valence-electron chi connectivity index (χ0n) is 35.1. The second kappa shape index (κ2) is 22.9. The van der Waals surface area contributed by atoms with Crippen molar-refractivity contribution in [1.29, 1.82) is 0 Å². The van der Waals surface area contributed by atoms with Crippen LogP contribution in [0.2, 0.25) is 10.0 Å². The zero-order valence-corrected chi connectivity index (χ0v) is 39.1. The number of halogens is 2. The number of hydrogen-bond donors (Lipinski definition) is 4. The van der Waals surface area contributed by atoms with E-state index in [1.165, 1.54) is 60.6 Å². The molecule has 0 bridgehead atoms. The number of nitrogens with one attached hydrogen (secondary N) is 1. The van der Waals surface area contributed by atoms with Gasteiger partial charge in [-0.15, -0.1) is 0 Å². The fourth-order valence-electron chi connectivity index (χ4n) is 6.20. The molecule has 64 heavy (non-hydrogen) atoms. The number of piperidine rings is 2. The van der Waals surface area contributed by atoms with E-state index in [0.29, 0.717) is 60.6 Å². The lowest BCUT2D eigenvalue weighted by Crippen LogP contribution is -2.42. The number of carbonyl (C=O) groups is 2. The van der Waals surface area contributed by atoms with E-state index in [9.17, 15) is 34.8 Å². The molecule has 352 valence electrons. The van der Waals surface area contributed by atoms with Gasteiger partial charge in [0.25, 0.3) is 0 Å². The molecule has 0 aliphatic carbocycles. The van der Waals surface area contributed by atoms with Gasteiger partial charge < -0.3 is 32.0 Å². The number of benzene rings is 2. The molecule has 4 heterocycles. The zero-order chi connectivity index (χ0) is 46.9. The van der Waals surface area contributed by atoms with Gasteiger partial charge in [0.15, 0.2) is 0 Å². The molecule has 0 atom stereocenters. The summed E-state index contributed by atoms with van der Waals surface area (Å²) >= 11 is 11.9. The first-order valence-corrected chi connectivity index (χ1v) is 25.3. The van der Waals surface area contributed by atoms with Crippen molar-refractivity contribution < 1.29 is 44.3 Å². The van der Waals surface area contributed by atoms with Gasteiger partial charge in [-0.1, -0.05) is 37.6 Å². The summed E-state index contributed by atoms with van der Waals surface area (Å²) in [6, 6.07) is 9.49. The molecule has 0 unspecified atom stereocenters. The molecule has 2 aromatic carbocycles. The number of sulfone groups is 1. The molecule has 6 rings (SSSR count). The van der Waals surface area contributed by atoms with Gasteiger partial charge in [-0.05, 0) is 62.1 Å². The number of carbonyl (C=O) groups excluding carboxylic acids is 2. The predicted octanol–water partition coefficient (Wildman–Crippen LogP) is 3.54. The highest BCUT2D eigenvalue weighted by atomic mass is 35.5. The second-order valence-corrected chi connectivity index (χ2v) is 21.3. The molecule has 4 aromatic rings. The van der Waals surface area contributed by atoms with Crippen LogP contribution >= 0.6 is 23.2 Å². The minimum atomic E-state index is -3.61. The number of nitrogen functional groups attached to an aromatic ring is 2. The van der Waals surface area contributed by atoms with Crippen LogP contribution < -0.4 is 32.0 Å². The first-order valence-electron chi connectivity index (χ1n) is 19.2. The molecule has 2 aromatic heterocycles. The minimum Gasteiger partial charge on any atom is -0.496 e. The van der Waals surface area contributed by atoms with Crippen molar-refractivity contribution in [1.82, 2.24) is 28.5 Å². The maximum atomic E-state index is 12.8. The quantitative estimate of drug-likeness (QED) is 0.117. The fourth-order valence-corrected chi connectivity index (χ4v) is 9.00. The maximum absolute atomic E-state index is 12.8. The molecule has 0 saturated carbocycles. The monoisotopic (exact) mass is 988 g/mol. The van der Waals surface area contributed by atoms with Crippen LogP contribution in [-0.4, -0.2) is 136 Å². The summed E-state index contributed by atoms with van der Waals surface area (Å²) in [7, 11) is -6.89. The van der Waals surface area contributed by atoms with Crippen molar-refractivity contribution in [3.05, 3.63) is 81.1 Å². The van der Waals surface area contributed by atoms with E-state index in [0.717, 1.165) is 19.0 Å². The Balaban J connectivity index is 0.000000277. The average Bonchev–Trinajstić information content (AvgIpc) is 3.23. The van der Waals surface area contributed by atoms with E-state index in [-0.39, 0.29) is 65.1 Å². The molecule has 2 aliphatic heterocycles. The van der Waals surface area contributed by atoms with Crippen molar-refractivity contribution in [2.75, 3.05) is 75.4 Å². The van der Waals surface area contributed by atoms with Crippen LogP contribution in [0.4, 0.5) is 17.6 Å². The lowest BCUT2D eigenvalue weighted by molar-refractivity contribution is 0.102. The van der Waals surface area contributed by atoms with E-state index in [4.69, 9.17) is 49.9 Å². The van der Waals surface area contributed by atoms with E-state index in [1.54, 1.807) is 24.3 Å². The molecule has 2 fully saturated rings. The molecule has 0 amide bonds. The molecule has 7 N–H and O–H groups in total. The van der Waals surface area contributed by atoms with Crippen LogP contribution in [0, 0.1) is 0 Å². The highest BCUT2D eigenvalue weighted by Crippen LogP contribution is 2.28. The van der Waals surface area contributed by atoms with Crippen LogP contribution in [0.5, 0.6) is 11.5 Å². The molecule has 25 heteroatoms. The Bertz CT molecular complexity index is 2630. The van der Waals surface area contributed by atoms with Gasteiger partial charge in [-0.3, -0.25) is 9.59 Å². The number of anilines is 3. The van der Waals surface area contributed by atoms with E-state index < -0.39 is 46.6 Å².